The highest BCUT2D eigenvalue weighted by Gasteiger charge is 2.23. The molecule has 0 bridgehead atoms. The number of rotatable bonds is 3. The third-order valence-corrected chi connectivity index (χ3v) is 3.73. The van der Waals surface area contributed by atoms with E-state index in [0.717, 1.165) is 13.0 Å². The zero-order valence-electron chi connectivity index (χ0n) is 8.18. The third kappa shape index (κ3) is 2.53. The van der Waals surface area contributed by atoms with Crippen LogP contribution in [0, 0.1) is 0 Å². The maximum atomic E-state index is 11.8. The first-order chi connectivity index (χ1) is 7.18. The molecule has 0 saturated carbocycles. The van der Waals surface area contributed by atoms with E-state index in [0.29, 0.717) is 6.54 Å². The van der Waals surface area contributed by atoms with E-state index in [-0.39, 0.29) is 11.1 Å². The minimum atomic E-state index is -3.44. The van der Waals surface area contributed by atoms with Crippen molar-refractivity contribution >= 4 is 10.0 Å². The van der Waals surface area contributed by atoms with Crippen LogP contribution in [-0.2, 0) is 10.0 Å². The van der Waals surface area contributed by atoms with Crippen molar-refractivity contribution < 1.29 is 8.42 Å². The molecule has 0 aromatic carbocycles. The van der Waals surface area contributed by atoms with Crippen LogP contribution >= 0.6 is 0 Å². The fourth-order valence-corrected chi connectivity index (χ4v) is 2.76. The van der Waals surface area contributed by atoms with Gasteiger partial charge in [-0.1, -0.05) is 6.07 Å². The number of sulfonamides is 1. The van der Waals surface area contributed by atoms with Gasteiger partial charge in [0.1, 0.15) is 0 Å². The van der Waals surface area contributed by atoms with E-state index in [1.165, 1.54) is 12.3 Å². The molecule has 1 fully saturated rings. The second-order valence-corrected chi connectivity index (χ2v) is 5.14. The molecule has 0 radical (unpaired) electrons. The molecule has 0 amide bonds. The fourth-order valence-electron chi connectivity index (χ4n) is 1.54. The van der Waals surface area contributed by atoms with E-state index in [2.05, 4.69) is 15.0 Å². The summed E-state index contributed by atoms with van der Waals surface area (Å²) in [5, 5.41) is 3.18. The van der Waals surface area contributed by atoms with Gasteiger partial charge in [0.15, 0.2) is 5.03 Å². The van der Waals surface area contributed by atoms with Gasteiger partial charge in [0.05, 0.1) is 0 Å². The smallest absolute Gasteiger partial charge is 0.258 e. The van der Waals surface area contributed by atoms with Gasteiger partial charge in [0, 0.05) is 18.8 Å². The van der Waals surface area contributed by atoms with Gasteiger partial charge in [-0.3, -0.25) is 0 Å². The molecule has 5 nitrogen and oxygen atoms in total. The molecular weight excluding hydrogens is 214 g/mol. The Morgan fingerprint density at radius 1 is 1.47 bits per heavy atom. The van der Waals surface area contributed by atoms with Crippen molar-refractivity contribution in [2.45, 2.75) is 17.5 Å². The summed E-state index contributed by atoms with van der Waals surface area (Å²) in [5.41, 5.74) is 0. The molecule has 1 saturated heterocycles. The van der Waals surface area contributed by atoms with Gasteiger partial charge >= 0.3 is 0 Å². The predicted molar refractivity (Wildman–Crippen MR) is 55.8 cm³/mol. The van der Waals surface area contributed by atoms with Crippen LogP contribution < -0.4 is 10.0 Å². The zero-order chi connectivity index (χ0) is 10.7. The molecule has 1 atom stereocenters. The van der Waals surface area contributed by atoms with Gasteiger partial charge in [-0.2, -0.15) is 0 Å². The van der Waals surface area contributed by atoms with Crippen molar-refractivity contribution in [2.24, 2.45) is 0 Å². The van der Waals surface area contributed by atoms with E-state index in [1.54, 1.807) is 12.1 Å². The van der Waals surface area contributed by atoms with Crippen molar-refractivity contribution in [3.63, 3.8) is 0 Å². The van der Waals surface area contributed by atoms with Crippen molar-refractivity contribution in [1.29, 1.82) is 0 Å². The average molecular weight is 227 g/mol. The van der Waals surface area contributed by atoms with Gasteiger partial charge in [-0.05, 0) is 25.1 Å². The number of nitrogens with zero attached hydrogens (tertiary/aromatic N) is 1. The molecule has 1 aliphatic rings. The molecule has 0 spiro atoms. The number of aromatic nitrogens is 1. The summed E-state index contributed by atoms with van der Waals surface area (Å²) in [6.07, 6.45) is 2.30. The summed E-state index contributed by atoms with van der Waals surface area (Å²) in [6, 6.07) is 4.83. The Labute approximate surface area is 89.0 Å². The maximum Gasteiger partial charge on any atom is 0.258 e. The van der Waals surface area contributed by atoms with Crippen LogP contribution in [0.4, 0.5) is 0 Å². The standard InChI is InChI=1S/C9H13N3O2S/c13-15(14,9-3-1-2-5-11-9)12-8-4-6-10-7-8/h1-3,5,8,10,12H,4,6-7H2. The van der Waals surface area contributed by atoms with Crippen LogP contribution in [0.3, 0.4) is 0 Å². The summed E-state index contributed by atoms with van der Waals surface area (Å²) in [7, 11) is -3.44. The average Bonchev–Trinajstić information content (AvgIpc) is 2.71. The highest BCUT2D eigenvalue weighted by Crippen LogP contribution is 2.07. The lowest BCUT2D eigenvalue weighted by molar-refractivity contribution is 0.556. The van der Waals surface area contributed by atoms with Crippen LogP contribution in [-0.4, -0.2) is 32.5 Å². The van der Waals surface area contributed by atoms with Crippen molar-refractivity contribution in [2.75, 3.05) is 13.1 Å². The van der Waals surface area contributed by atoms with Gasteiger partial charge in [0.25, 0.3) is 10.0 Å². The minimum absolute atomic E-state index is 0.0167. The van der Waals surface area contributed by atoms with Crippen LogP contribution in [0.2, 0.25) is 0 Å². The summed E-state index contributed by atoms with van der Waals surface area (Å²) >= 11 is 0. The number of hydrogen-bond donors (Lipinski definition) is 2. The first-order valence-electron chi connectivity index (χ1n) is 4.82. The van der Waals surface area contributed by atoms with E-state index in [9.17, 15) is 8.42 Å². The van der Waals surface area contributed by atoms with Crippen LogP contribution in [0.5, 0.6) is 0 Å². The topological polar surface area (TPSA) is 71.1 Å². The van der Waals surface area contributed by atoms with Gasteiger partial charge < -0.3 is 5.32 Å². The highest BCUT2D eigenvalue weighted by molar-refractivity contribution is 7.89. The predicted octanol–water partition coefficient (Wildman–Crippen LogP) is -0.278. The van der Waals surface area contributed by atoms with Gasteiger partial charge in [-0.25, -0.2) is 18.1 Å². The third-order valence-electron chi connectivity index (χ3n) is 2.30. The Morgan fingerprint density at radius 3 is 2.93 bits per heavy atom. The van der Waals surface area contributed by atoms with Crippen LogP contribution in [0.25, 0.3) is 0 Å². The lowest BCUT2D eigenvalue weighted by Gasteiger charge is -2.10. The van der Waals surface area contributed by atoms with Crippen molar-refractivity contribution in [3.8, 4) is 0 Å². The van der Waals surface area contributed by atoms with E-state index in [1.807, 2.05) is 0 Å². The number of nitrogens with one attached hydrogen (secondary N) is 2. The quantitative estimate of drug-likeness (QED) is 0.745. The fraction of sp³-hybridized carbons (Fsp3) is 0.444. The molecule has 1 aromatic heterocycles. The molecule has 2 heterocycles. The molecule has 0 aliphatic carbocycles. The van der Waals surface area contributed by atoms with Crippen LogP contribution in [0.15, 0.2) is 29.4 Å². The molecular formula is C9H13N3O2S. The largest absolute Gasteiger partial charge is 0.315 e. The van der Waals surface area contributed by atoms with Gasteiger partial charge in [0.2, 0.25) is 0 Å². The normalized spacial score (nSPS) is 21.7. The molecule has 2 N–H and O–H groups in total. The van der Waals surface area contributed by atoms with E-state index < -0.39 is 10.0 Å². The second kappa shape index (κ2) is 4.26. The van der Waals surface area contributed by atoms with E-state index >= 15 is 0 Å². The van der Waals surface area contributed by atoms with Gasteiger partial charge in [-0.15, -0.1) is 0 Å². The molecule has 2 rings (SSSR count). The Kier molecular flexibility index (Phi) is 2.99. The Morgan fingerprint density at radius 2 is 2.33 bits per heavy atom. The molecule has 1 aliphatic heterocycles. The van der Waals surface area contributed by atoms with Crippen molar-refractivity contribution in [1.82, 2.24) is 15.0 Å². The summed E-state index contributed by atoms with van der Waals surface area (Å²) in [4.78, 5) is 3.82. The van der Waals surface area contributed by atoms with Crippen LogP contribution in [0.1, 0.15) is 6.42 Å². The Balaban J connectivity index is 2.13. The minimum Gasteiger partial charge on any atom is -0.315 e. The highest BCUT2D eigenvalue weighted by atomic mass is 32.2. The maximum absolute atomic E-state index is 11.8. The van der Waals surface area contributed by atoms with E-state index in [4.69, 9.17) is 0 Å². The Bertz CT molecular complexity index is 412. The summed E-state index contributed by atoms with van der Waals surface area (Å²) in [6.45, 7) is 1.54. The molecule has 1 unspecified atom stereocenters. The lowest BCUT2D eigenvalue weighted by Crippen LogP contribution is -2.36. The second-order valence-electron chi connectivity index (χ2n) is 3.48. The zero-order valence-corrected chi connectivity index (χ0v) is 9.00. The first kappa shape index (κ1) is 10.5. The molecule has 6 heteroatoms. The number of hydrogen-bond acceptors (Lipinski definition) is 4. The Hall–Kier alpha value is -0.980. The first-order valence-corrected chi connectivity index (χ1v) is 6.31. The summed E-state index contributed by atoms with van der Waals surface area (Å²) < 4.78 is 26.2. The molecule has 15 heavy (non-hydrogen) atoms. The molecule has 1 aromatic rings. The number of pyridine rings is 1. The molecule has 82 valence electrons. The SMILES string of the molecule is O=S(=O)(NC1CCNC1)c1ccccn1. The summed E-state index contributed by atoms with van der Waals surface area (Å²) in [5.74, 6) is 0. The monoisotopic (exact) mass is 227 g/mol. The lowest BCUT2D eigenvalue weighted by atomic mass is 10.3. The van der Waals surface area contributed by atoms with Crippen molar-refractivity contribution in [3.05, 3.63) is 24.4 Å².